The predicted octanol–water partition coefficient (Wildman–Crippen LogP) is 4.48. The molecule has 166 valence electrons. The van der Waals surface area contributed by atoms with E-state index in [2.05, 4.69) is 41.5 Å². The number of nitrogens with one attached hydrogen (secondary N) is 1. The molecule has 3 rings (SSSR count). The van der Waals surface area contributed by atoms with E-state index in [4.69, 9.17) is 9.84 Å². The summed E-state index contributed by atoms with van der Waals surface area (Å²) in [6.45, 7) is 6.21. The number of sulfonamides is 1. The maximum absolute atomic E-state index is 12.8. The fourth-order valence-electron chi connectivity index (χ4n) is 2.94. The van der Waals surface area contributed by atoms with Crippen molar-refractivity contribution in [1.29, 1.82) is 0 Å². The van der Waals surface area contributed by atoms with Crippen LogP contribution in [0.3, 0.4) is 0 Å². The van der Waals surface area contributed by atoms with Gasteiger partial charge in [-0.1, -0.05) is 37.5 Å². The Morgan fingerprint density at radius 3 is 2.59 bits per heavy atom. The molecular weight excluding hydrogens is 448 g/mol. The molecule has 7 nitrogen and oxygen atoms in total. The lowest BCUT2D eigenvalue weighted by Gasteiger charge is -2.11. The third-order valence-corrected chi connectivity index (χ3v) is 6.74. The smallest absolute Gasteiger partial charge is 0.335 e. The van der Waals surface area contributed by atoms with E-state index in [1.54, 1.807) is 0 Å². The summed E-state index contributed by atoms with van der Waals surface area (Å²) in [7, 11) is -2.69. The van der Waals surface area contributed by atoms with Gasteiger partial charge in [0, 0.05) is 10.9 Å². The number of aromatic nitrogens is 1. The van der Waals surface area contributed by atoms with E-state index in [1.807, 2.05) is 19.1 Å². The zero-order valence-corrected chi connectivity index (χ0v) is 19.6. The Morgan fingerprint density at radius 1 is 1.19 bits per heavy atom. The first-order valence-electron chi connectivity index (χ1n) is 9.63. The van der Waals surface area contributed by atoms with E-state index >= 15 is 0 Å². The quantitative estimate of drug-likeness (QED) is 0.515. The molecule has 1 aromatic heterocycles. The first kappa shape index (κ1) is 23.3. The number of hydrogen-bond acceptors (Lipinski definition) is 6. The molecule has 0 fully saturated rings. The third-order valence-electron chi connectivity index (χ3n) is 4.58. The van der Waals surface area contributed by atoms with Crippen molar-refractivity contribution in [3.63, 3.8) is 0 Å². The van der Waals surface area contributed by atoms with Gasteiger partial charge in [-0.15, -0.1) is 11.3 Å². The Bertz CT molecular complexity index is 1330. The fraction of sp³-hybridized carbons (Fsp3) is 0.217. The highest BCUT2D eigenvalue weighted by Gasteiger charge is 2.20. The van der Waals surface area contributed by atoms with Gasteiger partial charge in [0.25, 0.3) is 10.0 Å². The van der Waals surface area contributed by atoms with E-state index in [0.717, 1.165) is 28.0 Å². The van der Waals surface area contributed by atoms with Crippen molar-refractivity contribution in [2.45, 2.75) is 31.7 Å². The molecule has 1 heterocycles. The summed E-state index contributed by atoms with van der Waals surface area (Å²) in [6, 6.07) is 9.90. The monoisotopic (exact) mass is 470 g/mol. The topological polar surface area (TPSA) is 106 Å². The Labute approximate surface area is 191 Å². The van der Waals surface area contributed by atoms with E-state index in [0.29, 0.717) is 10.9 Å². The van der Waals surface area contributed by atoms with Gasteiger partial charge in [0.05, 0.1) is 18.4 Å². The average molecular weight is 471 g/mol. The van der Waals surface area contributed by atoms with Crippen LogP contribution in [0.5, 0.6) is 5.75 Å². The second-order valence-electron chi connectivity index (χ2n) is 7.31. The summed E-state index contributed by atoms with van der Waals surface area (Å²) in [5.74, 6) is 5.29. The number of carboxylic acid groups (broad SMARTS) is 1. The van der Waals surface area contributed by atoms with Crippen LogP contribution < -0.4 is 9.46 Å². The van der Waals surface area contributed by atoms with Crippen LogP contribution in [0, 0.1) is 18.8 Å². The van der Waals surface area contributed by atoms with Crippen molar-refractivity contribution in [2.24, 2.45) is 0 Å². The summed E-state index contributed by atoms with van der Waals surface area (Å²) in [4.78, 5) is 15.3. The Kier molecular flexibility index (Phi) is 6.87. The number of hydrogen-bond donors (Lipinski definition) is 2. The molecule has 0 radical (unpaired) electrons. The van der Waals surface area contributed by atoms with Gasteiger partial charge in [-0.25, -0.2) is 9.78 Å². The summed E-state index contributed by atoms with van der Waals surface area (Å²) >= 11 is 1.13. The molecule has 2 N–H and O–H groups in total. The van der Waals surface area contributed by atoms with Crippen LogP contribution >= 0.6 is 11.3 Å². The van der Waals surface area contributed by atoms with Gasteiger partial charge >= 0.3 is 5.97 Å². The minimum atomic E-state index is -4.01. The second kappa shape index (κ2) is 9.42. The van der Waals surface area contributed by atoms with Gasteiger partial charge in [-0.05, 0) is 48.6 Å². The molecule has 0 amide bonds. The van der Waals surface area contributed by atoms with Crippen molar-refractivity contribution in [3.05, 3.63) is 69.0 Å². The molecule has 0 aliphatic carbocycles. The van der Waals surface area contributed by atoms with Crippen LogP contribution in [0.1, 0.15) is 51.8 Å². The van der Waals surface area contributed by atoms with E-state index in [-0.39, 0.29) is 22.0 Å². The summed E-state index contributed by atoms with van der Waals surface area (Å²) in [6.07, 6.45) is 0. The Hall–Kier alpha value is -3.35. The number of anilines is 1. The van der Waals surface area contributed by atoms with Crippen molar-refractivity contribution in [1.82, 2.24) is 4.98 Å². The predicted molar refractivity (Wildman–Crippen MR) is 124 cm³/mol. The molecule has 0 bridgehead atoms. The SMILES string of the molecule is COc1cc(C(=O)O)ccc1NS(=O)(=O)c1csc(C#Cc2ccc(C)cc2C(C)C)n1. The number of benzene rings is 2. The standard InChI is InChI=1S/C23H22N2O5S2/c1-14(2)18-11-15(3)5-6-16(18)8-10-21-24-22(13-31-21)32(28,29)25-19-9-7-17(23(26)27)12-20(19)30-4/h5-7,9,11-14,25H,1-4H3,(H,26,27). The first-order valence-corrected chi connectivity index (χ1v) is 12.0. The molecule has 9 heteroatoms. The lowest BCUT2D eigenvalue weighted by molar-refractivity contribution is 0.0696. The normalized spacial score (nSPS) is 11.0. The number of nitrogens with zero attached hydrogens (tertiary/aromatic N) is 1. The highest BCUT2D eigenvalue weighted by Crippen LogP contribution is 2.28. The van der Waals surface area contributed by atoms with Gasteiger partial charge in [0.15, 0.2) is 10.0 Å². The van der Waals surface area contributed by atoms with Crippen LogP contribution in [0.15, 0.2) is 46.8 Å². The molecule has 0 aliphatic rings. The largest absolute Gasteiger partial charge is 0.495 e. The van der Waals surface area contributed by atoms with E-state index in [1.165, 1.54) is 30.7 Å². The molecule has 0 unspecified atom stereocenters. The number of ether oxygens (including phenoxy) is 1. The first-order chi connectivity index (χ1) is 15.1. The van der Waals surface area contributed by atoms with Crippen molar-refractivity contribution < 1.29 is 23.1 Å². The summed E-state index contributed by atoms with van der Waals surface area (Å²) < 4.78 is 33.0. The van der Waals surface area contributed by atoms with Crippen molar-refractivity contribution >= 4 is 33.0 Å². The zero-order valence-electron chi connectivity index (χ0n) is 18.0. The van der Waals surface area contributed by atoms with E-state index < -0.39 is 16.0 Å². The third kappa shape index (κ3) is 5.28. The maximum atomic E-state index is 12.8. The van der Waals surface area contributed by atoms with Crippen molar-refractivity contribution in [3.8, 4) is 17.6 Å². The maximum Gasteiger partial charge on any atom is 0.335 e. The Morgan fingerprint density at radius 2 is 1.94 bits per heavy atom. The van der Waals surface area contributed by atoms with E-state index in [9.17, 15) is 13.2 Å². The van der Waals surface area contributed by atoms with Crippen molar-refractivity contribution in [2.75, 3.05) is 11.8 Å². The molecule has 0 saturated heterocycles. The second-order valence-corrected chi connectivity index (χ2v) is 9.80. The molecule has 0 saturated carbocycles. The van der Waals surface area contributed by atoms with Gasteiger partial charge in [-0.2, -0.15) is 8.42 Å². The summed E-state index contributed by atoms with van der Waals surface area (Å²) in [5.41, 5.74) is 3.25. The molecule has 2 aromatic carbocycles. The van der Waals surface area contributed by atoms with Crippen LogP contribution in [0.25, 0.3) is 0 Å². The molecule has 32 heavy (non-hydrogen) atoms. The number of aryl methyl sites for hydroxylation is 1. The average Bonchev–Trinajstić information content (AvgIpc) is 3.22. The fourth-order valence-corrected chi connectivity index (χ4v) is 4.95. The number of rotatable bonds is 6. The molecule has 0 atom stereocenters. The number of carboxylic acids is 1. The van der Waals surface area contributed by atoms with Crippen LogP contribution in [0.2, 0.25) is 0 Å². The van der Waals surface area contributed by atoms with Gasteiger partial charge in [0.1, 0.15) is 5.75 Å². The molecule has 0 aliphatic heterocycles. The number of methoxy groups -OCH3 is 1. The number of carbonyl (C=O) groups is 1. The minimum absolute atomic E-state index is 0.0205. The van der Waals surface area contributed by atoms with Crippen LogP contribution in [0.4, 0.5) is 5.69 Å². The van der Waals surface area contributed by atoms with Crippen LogP contribution in [-0.2, 0) is 10.0 Å². The highest BCUT2D eigenvalue weighted by atomic mass is 32.2. The lowest BCUT2D eigenvalue weighted by atomic mass is 9.95. The Balaban J connectivity index is 1.86. The molecule has 3 aromatic rings. The molecule has 0 spiro atoms. The highest BCUT2D eigenvalue weighted by molar-refractivity contribution is 7.92. The minimum Gasteiger partial charge on any atom is -0.495 e. The van der Waals surface area contributed by atoms with Gasteiger partial charge in [-0.3, -0.25) is 4.72 Å². The molecular formula is C23H22N2O5S2. The zero-order chi connectivity index (χ0) is 23.5. The van der Waals surface area contributed by atoms with Crippen LogP contribution in [-0.4, -0.2) is 31.6 Å². The number of aromatic carboxylic acids is 1. The number of thiazole rings is 1. The van der Waals surface area contributed by atoms with Gasteiger partial charge < -0.3 is 9.84 Å². The summed E-state index contributed by atoms with van der Waals surface area (Å²) in [5, 5.41) is 10.7. The lowest BCUT2D eigenvalue weighted by Crippen LogP contribution is -2.14. The van der Waals surface area contributed by atoms with Gasteiger partial charge in [0.2, 0.25) is 0 Å².